The van der Waals surface area contributed by atoms with Crippen molar-refractivity contribution >= 4 is 28.6 Å². The van der Waals surface area contributed by atoms with Gasteiger partial charge in [0.25, 0.3) is 0 Å². The second-order valence-corrected chi connectivity index (χ2v) is 5.74. The third kappa shape index (κ3) is 2.86. The molecule has 0 amide bonds. The van der Waals surface area contributed by atoms with Crippen LogP contribution in [0.1, 0.15) is 22.0 Å². The van der Waals surface area contributed by atoms with Crippen LogP contribution < -0.4 is 11.1 Å². The van der Waals surface area contributed by atoms with Crippen LogP contribution in [0.3, 0.4) is 0 Å². The van der Waals surface area contributed by atoms with E-state index in [-0.39, 0.29) is 6.04 Å². The highest BCUT2D eigenvalue weighted by Gasteiger charge is 2.15. The minimum Gasteiger partial charge on any atom is -0.399 e. The number of nitrogens with one attached hydrogen (secondary N) is 1. The zero-order valence-electron chi connectivity index (χ0n) is 10.5. The summed E-state index contributed by atoms with van der Waals surface area (Å²) in [5.41, 5.74) is 9.21. The first kappa shape index (κ1) is 13.4. The summed E-state index contributed by atoms with van der Waals surface area (Å²) < 4.78 is 0. The number of thiophene rings is 1. The van der Waals surface area contributed by atoms with E-state index < -0.39 is 0 Å². The van der Waals surface area contributed by atoms with Gasteiger partial charge in [0, 0.05) is 21.6 Å². The Hall–Kier alpha value is -1.03. The maximum absolute atomic E-state index is 6.03. The molecule has 2 aromatic rings. The fourth-order valence-electron chi connectivity index (χ4n) is 2.04. The Morgan fingerprint density at radius 1 is 1.39 bits per heavy atom. The van der Waals surface area contributed by atoms with E-state index in [1.807, 2.05) is 25.2 Å². The van der Waals surface area contributed by atoms with Gasteiger partial charge in [-0.05, 0) is 61.2 Å². The molecule has 18 heavy (non-hydrogen) atoms. The number of likely N-dealkylation sites (N-methyl/N-ethyl adjacent to an activating group) is 1. The number of nitrogens with two attached hydrogens (primary N) is 1. The van der Waals surface area contributed by atoms with Gasteiger partial charge >= 0.3 is 0 Å². The van der Waals surface area contributed by atoms with E-state index in [4.69, 9.17) is 17.3 Å². The number of nitrogen functional groups attached to an aromatic ring is 1. The van der Waals surface area contributed by atoms with E-state index in [9.17, 15) is 0 Å². The van der Waals surface area contributed by atoms with E-state index >= 15 is 0 Å². The van der Waals surface area contributed by atoms with Crippen molar-refractivity contribution in [3.8, 4) is 0 Å². The molecule has 96 valence electrons. The molecule has 0 bridgehead atoms. The lowest BCUT2D eigenvalue weighted by atomic mass is 10.0. The Balaban J connectivity index is 2.26. The Kier molecular flexibility index (Phi) is 4.27. The Morgan fingerprint density at radius 3 is 2.78 bits per heavy atom. The van der Waals surface area contributed by atoms with Crippen LogP contribution in [0.5, 0.6) is 0 Å². The van der Waals surface area contributed by atoms with E-state index in [0.29, 0.717) is 0 Å². The maximum Gasteiger partial charge on any atom is 0.0456 e. The summed E-state index contributed by atoms with van der Waals surface area (Å²) in [6.45, 7) is 2.14. The average Bonchev–Trinajstić information content (AvgIpc) is 2.77. The molecule has 0 aliphatic carbocycles. The molecule has 0 spiro atoms. The number of halogens is 1. The van der Waals surface area contributed by atoms with Gasteiger partial charge < -0.3 is 11.1 Å². The summed E-state index contributed by atoms with van der Waals surface area (Å²) in [4.78, 5) is 1.36. The quantitative estimate of drug-likeness (QED) is 0.836. The molecule has 1 aromatic carbocycles. The number of rotatable bonds is 4. The molecule has 0 unspecified atom stereocenters. The molecule has 0 saturated heterocycles. The lowest BCUT2D eigenvalue weighted by Gasteiger charge is -2.17. The molecule has 0 fully saturated rings. The van der Waals surface area contributed by atoms with Gasteiger partial charge in [0.05, 0.1) is 0 Å². The van der Waals surface area contributed by atoms with Crippen molar-refractivity contribution in [2.75, 3.05) is 12.8 Å². The highest BCUT2D eigenvalue weighted by atomic mass is 35.5. The molecular weight excluding hydrogens is 264 g/mol. The summed E-state index contributed by atoms with van der Waals surface area (Å²) in [6.07, 6.45) is 0.851. The molecule has 4 heteroatoms. The molecule has 1 atom stereocenters. The van der Waals surface area contributed by atoms with Crippen LogP contribution in [0.15, 0.2) is 29.6 Å². The maximum atomic E-state index is 6.03. The second kappa shape index (κ2) is 5.74. The first-order valence-electron chi connectivity index (χ1n) is 5.87. The summed E-state index contributed by atoms with van der Waals surface area (Å²) in [5.74, 6) is 0. The predicted octanol–water partition coefficient (Wildman–Crippen LogP) is 3.80. The molecule has 2 rings (SSSR count). The molecule has 0 aliphatic rings. The Morgan fingerprint density at radius 2 is 2.17 bits per heavy atom. The number of aryl methyl sites for hydroxylation is 1. The van der Waals surface area contributed by atoms with Crippen LogP contribution in [0, 0.1) is 6.92 Å². The smallest absolute Gasteiger partial charge is 0.0456 e. The summed E-state index contributed by atoms with van der Waals surface area (Å²) in [6, 6.07) is 8.07. The molecular formula is C14H17ClN2S. The van der Waals surface area contributed by atoms with Crippen LogP contribution in [-0.4, -0.2) is 7.05 Å². The van der Waals surface area contributed by atoms with Crippen molar-refractivity contribution in [2.45, 2.75) is 19.4 Å². The third-order valence-electron chi connectivity index (χ3n) is 3.10. The normalized spacial score (nSPS) is 12.6. The average molecular weight is 281 g/mol. The number of anilines is 1. The topological polar surface area (TPSA) is 38.0 Å². The van der Waals surface area contributed by atoms with Crippen LogP contribution in [0.2, 0.25) is 5.02 Å². The van der Waals surface area contributed by atoms with Gasteiger partial charge in [-0.3, -0.25) is 0 Å². The largest absolute Gasteiger partial charge is 0.399 e. The number of hydrogen-bond acceptors (Lipinski definition) is 3. The van der Waals surface area contributed by atoms with E-state index in [1.54, 1.807) is 11.3 Å². The van der Waals surface area contributed by atoms with Crippen molar-refractivity contribution < 1.29 is 0 Å². The lowest BCUT2D eigenvalue weighted by Crippen LogP contribution is -2.19. The minimum atomic E-state index is 0.283. The zero-order valence-corrected chi connectivity index (χ0v) is 12.1. The van der Waals surface area contributed by atoms with Crippen molar-refractivity contribution in [1.82, 2.24) is 5.32 Å². The second-order valence-electron chi connectivity index (χ2n) is 4.36. The van der Waals surface area contributed by atoms with Gasteiger partial charge in [-0.1, -0.05) is 11.6 Å². The summed E-state index contributed by atoms with van der Waals surface area (Å²) >= 11 is 7.80. The predicted molar refractivity (Wildman–Crippen MR) is 80.4 cm³/mol. The molecule has 3 N–H and O–H groups in total. The van der Waals surface area contributed by atoms with Crippen LogP contribution in [0.25, 0.3) is 0 Å². The van der Waals surface area contributed by atoms with Crippen LogP contribution >= 0.6 is 22.9 Å². The zero-order chi connectivity index (χ0) is 13.1. The molecule has 2 nitrogen and oxygen atoms in total. The number of benzene rings is 1. The molecule has 0 aliphatic heterocycles. The number of hydrogen-bond donors (Lipinski definition) is 2. The Labute approximate surface area is 117 Å². The fourth-order valence-corrected chi connectivity index (χ4v) is 3.27. The van der Waals surface area contributed by atoms with Gasteiger partial charge in [-0.15, -0.1) is 11.3 Å². The fraction of sp³-hybridized carbons (Fsp3) is 0.286. The first-order chi connectivity index (χ1) is 8.61. The first-order valence-corrected chi connectivity index (χ1v) is 7.12. The monoisotopic (exact) mass is 280 g/mol. The van der Waals surface area contributed by atoms with E-state index in [1.165, 1.54) is 10.4 Å². The summed E-state index contributed by atoms with van der Waals surface area (Å²) in [5, 5.41) is 6.21. The third-order valence-corrected chi connectivity index (χ3v) is 4.46. The lowest BCUT2D eigenvalue weighted by molar-refractivity contribution is 0.600. The summed E-state index contributed by atoms with van der Waals surface area (Å²) in [7, 11) is 1.98. The standard InChI is InChI=1S/C14H17ClN2S/c1-9-5-6-18-14(9)13(17-2)8-10-7-11(15)3-4-12(10)16/h3-7,13,17H,8,16H2,1-2H3/t13-/m1/s1. The Bertz CT molecular complexity index is 536. The molecule has 0 radical (unpaired) electrons. The molecule has 0 saturated carbocycles. The highest BCUT2D eigenvalue weighted by Crippen LogP contribution is 2.29. The minimum absolute atomic E-state index is 0.283. The van der Waals surface area contributed by atoms with Gasteiger partial charge in [0.2, 0.25) is 0 Å². The van der Waals surface area contributed by atoms with Gasteiger partial charge in [-0.2, -0.15) is 0 Å². The van der Waals surface area contributed by atoms with E-state index in [2.05, 4.69) is 23.7 Å². The molecule has 1 heterocycles. The van der Waals surface area contributed by atoms with Gasteiger partial charge in [0.1, 0.15) is 0 Å². The SMILES string of the molecule is CN[C@H](Cc1cc(Cl)ccc1N)c1sccc1C. The van der Waals surface area contributed by atoms with Crippen molar-refractivity contribution in [3.05, 3.63) is 50.7 Å². The highest BCUT2D eigenvalue weighted by molar-refractivity contribution is 7.10. The van der Waals surface area contributed by atoms with Crippen molar-refractivity contribution in [2.24, 2.45) is 0 Å². The van der Waals surface area contributed by atoms with Crippen LogP contribution in [0.4, 0.5) is 5.69 Å². The van der Waals surface area contributed by atoms with Crippen LogP contribution in [-0.2, 0) is 6.42 Å². The van der Waals surface area contributed by atoms with Crippen molar-refractivity contribution in [3.63, 3.8) is 0 Å². The van der Waals surface area contributed by atoms with Crippen molar-refractivity contribution in [1.29, 1.82) is 0 Å². The van der Waals surface area contributed by atoms with Gasteiger partial charge in [0.15, 0.2) is 0 Å². The van der Waals surface area contributed by atoms with E-state index in [0.717, 1.165) is 22.7 Å². The van der Waals surface area contributed by atoms with Gasteiger partial charge in [-0.25, -0.2) is 0 Å². The molecule has 1 aromatic heterocycles.